The van der Waals surface area contributed by atoms with Crippen LogP contribution in [0.4, 0.5) is 10.1 Å². The minimum atomic E-state index is -0.279. The lowest BCUT2D eigenvalue weighted by Crippen LogP contribution is -2.28. The van der Waals surface area contributed by atoms with Crippen molar-refractivity contribution in [2.24, 2.45) is 0 Å². The van der Waals surface area contributed by atoms with Crippen molar-refractivity contribution >= 4 is 24.0 Å². The summed E-state index contributed by atoms with van der Waals surface area (Å²) in [6, 6.07) is 12.3. The van der Waals surface area contributed by atoms with Crippen molar-refractivity contribution in [3.63, 3.8) is 0 Å². The van der Waals surface area contributed by atoms with Crippen LogP contribution in [-0.2, 0) is 13.0 Å². The number of amides is 1. The Bertz CT molecular complexity index is 705. The Kier molecular flexibility index (Phi) is 5.61. The third-order valence-corrected chi connectivity index (χ3v) is 4.04. The SMILES string of the molecule is CN(Cc1ccccc1F)C(=O)c1cccc2c1CCCN2.Cl. The van der Waals surface area contributed by atoms with Gasteiger partial charge in [-0.2, -0.15) is 0 Å². The molecule has 0 unspecified atom stereocenters. The molecule has 0 saturated heterocycles. The highest BCUT2D eigenvalue weighted by atomic mass is 35.5. The van der Waals surface area contributed by atoms with Crippen molar-refractivity contribution in [1.82, 2.24) is 4.90 Å². The molecule has 1 heterocycles. The maximum absolute atomic E-state index is 13.7. The first-order valence-corrected chi connectivity index (χ1v) is 7.51. The summed E-state index contributed by atoms with van der Waals surface area (Å²) < 4.78 is 13.7. The number of carbonyl (C=O) groups is 1. The molecule has 122 valence electrons. The fourth-order valence-corrected chi connectivity index (χ4v) is 2.87. The van der Waals surface area contributed by atoms with Crippen LogP contribution >= 0.6 is 12.4 Å². The average molecular weight is 335 g/mol. The van der Waals surface area contributed by atoms with Crippen molar-refractivity contribution < 1.29 is 9.18 Å². The van der Waals surface area contributed by atoms with E-state index in [9.17, 15) is 9.18 Å². The lowest BCUT2D eigenvalue weighted by Gasteiger charge is -2.23. The first-order valence-electron chi connectivity index (χ1n) is 7.51. The Balaban J connectivity index is 0.00000192. The normalized spacial score (nSPS) is 12.6. The van der Waals surface area contributed by atoms with Crippen molar-refractivity contribution in [2.75, 3.05) is 18.9 Å². The zero-order valence-electron chi connectivity index (χ0n) is 13.0. The molecular weight excluding hydrogens is 315 g/mol. The van der Waals surface area contributed by atoms with Gasteiger partial charge < -0.3 is 10.2 Å². The highest BCUT2D eigenvalue weighted by Crippen LogP contribution is 2.26. The van der Waals surface area contributed by atoms with Crippen LogP contribution in [0.3, 0.4) is 0 Å². The zero-order valence-corrected chi connectivity index (χ0v) is 13.8. The van der Waals surface area contributed by atoms with E-state index in [1.54, 1.807) is 30.1 Å². The standard InChI is InChI=1S/C18H19FN2O.ClH/c1-21(12-13-6-2-3-9-16(13)19)18(22)15-7-4-10-17-14(15)8-5-11-20-17;/h2-4,6-7,9-10,20H,5,8,11-12H2,1H3;1H. The molecule has 0 spiro atoms. The lowest BCUT2D eigenvalue weighted by atomic mass is 9.97. The number of fused-ring (bicyclic) bond motifs is 1. The third-order valence-electron chi connectivity index (χ3n) is 4.04. The predicted octanol–water partition coefficient (Wildman–Crippen LogP) is 3.88. The van der Waals surface area contributed by atoms with Gasteiger partial charge in [0.1, 0.15) is 5.82 Å². The van der Waals surface area contributed by atoms with Crippen LogP contribution < -0.4 is 5.32 Å². The van der Waals surface area contributed by atoms with Crippen LogP contribution in [0, 0.1) is 5.82 Å². The molecule has 1 aliphatic heterocycles. The van der Waals surface area contributed by atoms with Crippen LogP contribution in [0.2, 0.25) is 0 Å². The van der Waals surface area contributed by atoms with E-state index in [1.807, 2.05) is 18.2 Å². The second kappa shape index (κ2) is 7.47. The fourth-order valence-electron chi connectivity index (χ4n) is 2.87. The van der Waals surface area contributed by atoms with Gasteiger partial charge in [-0.15, -0.1) is 12.4 Å². The number of halogens is 2. The van der Waals surface area contributed by atoms with Gasteiger partial charge in [-0.3, -0.25) is 4.79 Å². The van der Waals surface area contributed by atoms with E-state index in [0.29, 0.717) is 11.1 Å². The monoisotopic (exact) mass is 334 g/mol. The summed E-state index contributed by atoms with van der Waals surface area (Å²) in [5, 5.41) is 3.32. The molecule has 0 atom stereocenters. The molecule has 2 aromatic carbocycles. The van der Waals surface area contributed by atoms with Gasteiger partial charge >= 0.3 is 0 Å². The second-order valence-corrected chi connectivity index (χ2v) is 5.61. The topological polar surface area (TPSA) is 32.3 Å². The van der Waals surface area contributed by atoms with E-state index in [2.05, 4.69) is 5.32 Å². The molecule has 0 saturated carbocycles. The van der Waals surface area contributed by atoms with Crippen molar-refractivity contribution in [3.05, 3.63) is 65.0 Å². The summed E-state index contributed by atoms with van der Waals surface area (Å²) in [7, 11) is 1.71. The van der Waals surface area contributed by atoms with Crippen LogP contribution in [0.25, 0.3) is 0 Å². The number of nitrogens with zero attached hydrogens (tertiary/aromatic N) is 1. The molecule has 1 aliphatic rings. The van der Waals surface area contributed by atoms with Gasteiger partial charge in [-0.25, -0.2) is 4.39 Å². The molecule has 1 amide bonds. The van der Waals surface area contributed by atoms with Gasteiger partial charge in [0.05, 0.1) is 0 Å². The molecule has 5 heteroatoms. The first-order chi connectivity index (χ1) is 10.7. The summed E-state index contributed by atoms with van der Waals surface area (Å²) in [5.41, 5.74) is 3.35. The van der Waals surface area contributed by atoms with Crippen molar-refractivity contribution in [3.8, 4) is 0 Å². The van der Waals surface area contributed by atoms with E-state index in [-0.39, 0.29) is 30.7 Å². The number of benzene rings is 2. The molecule has 1 N–H and O–H groups in total. The van der Waals surface area contributed by atoms with Gasteiger partial charge in [0, 0.05) is 37.0 Å². The van der Waals surface area contributed by atoms with E-state index in [1.165, 1.54) is 6.07 Å². The number of anilines is 1. The molecule has 3 nitrogen and oxygen atoms in total. The van der Waals surface area contributed by atoms with Crippen molar-refractivity contribution in [2.45, 2.75) is 19.4 Å². The van der Waals surface area contributed by atoms with Gasteiger partial charge in [-0.1, -0.05) is 24.3 Å². The smallest absolute Gasteiger partial charge is 0.254 e. The van der Waals surface area contributed by atoms with Gasteiger partial charge in [0.25, 0.3) is 5.91 Å². The summed E-state index contributed by atoms with van der Waals surface area (Å²) in [6.45, 7) is 1.21. The van der Waals surface area contributed by atoms with E-state index >= 15 is 0 Å². The van der Waals surface area contributed by atoms with Crippen LogP contribution in [0.1, 0.15) is 27.9 Å². The van der Waals surface area contributed by atoms with Crippen molar-refractivity contribution in [1.29, 1.82) is 0 Å². The lowest BCUT2D eigenvalue weighted by molar-refractivity contribution is 0.0782. The minimum absolute atomic E-state index is 0. The molecule has 3 rings (SSSR count). The molecule has 23 heavy (non-hydrogen) atoms. The maximum Gasteiger partial charge on any atom is 0.254 e. The zero-order chi connectivity index (χ0) is 15.5. The Morgan fingerprint density at radius 3 is 2.78 bits per heavy atom. The largest absolute Gasteiger partial charge is 0.385 e. The summed E-state index contributed by atoms with van der Waals surface area (Å²) in [5.74, 6) is -0.345. The summed E-state index contributed by atoms with van der Waals surface area (Å²) in [4.78, 5) is 14.3. The van der Waals surface area contributed by atoms with E-state index in [0.717, 1.165) is 30.6 Å². The maximum atomic E-state index is 13.7. The van der Waals surface area contributed by atoms with E-state index < -0.39 is 0 Å². The average Bonchev–Trinajstić information content (AvgIpc) is 2.55. The number of hydrogen-bond acceptors (Lipinski definition) is 2. The Morgan fingerprint density at radius 2 is 2.00 bits per heavy atom. The summed E-state index contributed by atoms with van der Waals surface area (Å²) >= 11 is 0. The second-order valence-electron chi connectivity index (χ2n) is 5.61. The summed E-state index contributed by atoms with van der Waals surface area (Å²) in [6.07, 6.45) is 1.92. The Hall–Kier alpha value is -2.07. The molecule has 0 aliphatic carbocycles. The number of nitrogens with one attached hydrogen (secondary N) is 1. The Morgan fingerprint density at radius 1 is 1.22 bits per heavy atom. The van der Waals surface area contributed by atoms with Gasteiger partial charge in [-0.05, 0) is 36.6 Å². The van der Waals surface area contributed by atoms with E-state index in [4.69, 9.17) is 0 Å². The molecule has 2 aromatic rings. The highest BCUT2D eigenvalue weighted by Gasteiger charge is 2.20. The van der Waals surface area contributed by atoms with Gasteiger partial charge in [0.2, 0.25) is 0 Å². The van der Waals surface area contributed by atoms with Crippen LogP contribution in [-0.4, -0.2) is 24.4 Å². The first kappa shape index (κ1) is 17.3. The number of carbonyl (C=O) groups excluding carboxylic acids is 1. The third kappa shape index (κ3) is 3.64. The number of hydrogen-bond donors (Lipinski definition) is 1. The molecule has 0 bridgehead atoms. The fraction of sp³-hybridized carbons (Fsp3) is 0.278. The predicted molar refractivity (Wildman–Crippen MR) is 92.7 cm³/mol. The highest BCUT2D eigenvalue weighted by molar-refractivity contribution is 5.97. The van der Waals surface area contributed by atoms with Crippen LogP contribution in [0.5, 0.6) is 0 Å². The molecular formula is C18H20ClFN2O. The van der Waals surface area contributed by atoms with Gasteiger partial charge in [0.15, 0.2) is 0 Å². The molecule has 0 fully saturated rings. The molecule has 0 aromatic heterocycles. The van der Waals surface area contributed by atoms with Crippen LogP contribution in [0.15, 0.2) is 42.5 Å². The number of rotatable bonds is 3. The molecule has 0 radical (unpaired) electrons. The Labute approximate surface area is 141 Å². The minimum Gasteiger partial charge on any atom is -0.385 e. The quantitative estimate of drug-likeness (QED) is 0.924.